The molecule has 2 aromatic rings. The van der Waals surface area contributed by atoms with Crippen LogP contribution in [0, 0.1) is 20.8 Å². The van der Waals surface area contributed by atoms with Crippen molar-refractivity contribution in [2.45, 2.75) is 33.4 Å². The van der Waals surface area contributed by atoms with Crippen LogP contribution in [-0.4, -0.2) is 30.1 Å². The van der Waals surface area contributed by atoms with Gasteiger partial charge in [0.1, 0.15) is 11.8 Å². The molecule has 0 radical (unpaired) electrons. The van der Waals surface area contributed by atoms with E-state index in [0.29, 0.717) is 6.54 Å². The molecule has 5 heteroatoms. The zero-order valence-corrected chi connectivity index (χ0v) is 13.8. The molecule has 0 spiro atoms. The summed E-state index contributed by atoms with van der Waals surface area (Å²) in [7, 11) is 3.82. The molecule has 1 N–H and O–H groups in total. The predicted molar refractivity (Wildman–Crippen MR) is 85.4 cm³/mol. The van der Waals surface area contributed by atoms with E-state index in [-0.39, 0.29) is 11.9 Å². The zero-order valence-electron chi connectivity index (χ0n) is 13.8. The number of carbonyl (C=O) groups excluding carboxylic acids is 1. The van der Waals surface area contributed by atoms with Gasteiger partial charge < -0.3 is 9.84 Å². The average Bonchev–Trinajstić information content (AvgIpc) is 2.78. The Bertz CT molecular complexity index is 642. The fraction of sp³-hybridized carbons (Fsp3) is 0.412. The molecule has 0 aliphatic heterocycles. The van der Waals surface area contributed by atoms with Gasteiger partial charge in [0.15, 0.2) is 0 Å². The molecular formula is C17H23N3O2. The second-order valence-electron chi connectivity index (χ2n) is 5.74. The van der Waals surface area contributed by atoms with E-state index in [1.807, 2.05) is 64.0 Å². The highest BCUT2D eigenvalue weighted by Gasteiger charge is 2.24. The topological polar surface area (TPSA) is 58.4 Å². The lowest BCUT2D eigenvalue weighted by molar-refractivity contribution is -0.126. The summed E-state index contributed by atoms with van der Waals surface area (Å²) >= 11 is 0. The van der Waals surface area contributed by atoms with Crippen molar-refractivity contribution >= 4 is 5.91 Å². The van der Waals surface area contributed by atoms with Gasteiger partial charge in [-0.05, 0) is 46.0 Å². The largest absolute Gasteiger partial charge is 0.361 e. The van der Waals surface area contributed by atoms with Crippen molar-refractivity contribution < 1.29 is 9.32 Å². The smallest absolute Gasteiger partial charge is 0.242 e. The monoisotopic (exact) mass is 301 g/mol. The van der Waals surface area contributed by atoms with Gasteiger partial charge in [0.25, 0.3) is 0 Å². The van der Waals surface area contributed by atoms with Crippen LogP contribution in [0.25, 0.3) is 0 Å². The normalized spacial score (nSPS) is 12.5. The minimum absolute atomic E-state index is 0.0284. The summed E-state index contributed by atoms with van der Waals surface area (Å²) in [4.78, 5) is 14.6. The van der Waals surface area contributed by atoms with Crippen LogP contribution in [0.3, 0.4) is 0 Å². The lowest BCUT2D eigenvalue weighted by Gasteiger charge is -2.25. The number of rotatable bonds is 5. The van der Waals surface area contributed by atoms with Crippen LogP contribution < -0.4 is 5.32 Å². The number of nitrogens with zero attached hydrogens (tertiary/aromatic N) is 2. The number of aryl methyl sites for hydroxylation is 3. The molecular weight excluding hydrogens is 278 g/mol. The van der Waals surface area contributed by atoms with E-state index in [0.717, 1.165) is 28.1 Å². The van der Waals surface area contributed by atoms with Crippen LogP contribution in [0.1, 0.15) is 34.2 Å². The molecule has 0 fully saturated rings. The molecule has 1 atom stereocenters. The molecule has 22 heavy (non-hydrogen) atoms. The second-order valence-corrected chi connectivity index (χ2v) is 5.74. The SMILES string of the molecule is Cc1ccccc1[C@@H](C(=O)NCc1c(C)noc1C)N(C)C. The standard InChI is InChI=1S/C17H23N3O2/c1-11-8-6-7-9-14(11)16(20(4)5)17(21)18-10-15-12(2)19-22-13(15)3/h6-9,16H,10H2,1-5H3,(H,18,21)/t16-/m0/s1. The minimum Gasteiger partial charge on any atom is -0.361 e. The fourth-order valence-electron chi connectivity index (χ4n) is 2.57. The van der Waals surface area contributed by atoms with Gasteiger partial charge in [-0.15, -0.1) is 0 Å². The molecule has 1 aromatic carbocycles. The van der Waals surface area contributed by atoms with E-state index in [1.165, 1.54) is 0 Å². The van der Waals surface area contributed by atoms with Gasteiger partial charge >= 0.3 is 0 Å². The van der Waals surface area contributed by atoms with E-state index < -0.39 is 0 Å². The molecule has 5 nitrogen and oxygen atoms in total. The first-order valence-electron chi connectivity index (χ1n) is 7.33. The number of aromatic nitrogens is 1. The van der Waals surface area contributed by atoms with Crippen molar-refractivity contribution in [3.63, 3.8) is 0 Å². The fourth-order valence-corrected chi connectivity index (χ4v) is 2.57. The third kappa shape index (κ3) is 3.36. The van der Waals surface area contributed by atoms with Gasteiger partial charge in [-0.3, -0.25) is 9.69 Å². The van der Waals surface area contributed by atoms with Gasteiger partial charge in [0.05, 0.1) is 5.69 Å². The van der Waals surface area contributed by atoms with Gasteiger partial charge in [0, 0.05) is 12.1 Å². The number of likely N-dealkylation sites (N-methyl/N-ethyl adjacent to an activating group) is 1. The van der Waals surface area contributed by atoms with Crippen molar-refractivity contribution in [3.05, 3.63) is 52.4 Å². The number of hydrogen-bond donors (Lipinski definition) is 1. The van der Waals surface area contributed by atoms with Gasteiger partial charge in [-0.2, -0.15) is 0 Å². The Morgan fingerprint density at radius 3 is 2.50 bits per heavy atom. The van der Waals surface area contributed by atoms with Crippen molar-refractivity contribution in [1.29, 1.82) is 0 Å². The zero-order chi connectivity index (χ0) is 16.3. The molecule has 0 aliphatic rings. The van der Waals surface area contributed by atoms with Crippen LogP contribution in [-0.2, 0) is 11.3 Å². The molecule has 1 aromatic heterocycles. The first kappa shape index (κ1) is 16.2. The molecule has 0 bridgehead atoms. The van der Waals surface area contributed by atoms with Gasteiger partial charge in [0.2, 0.25) is 5.91 Å². The molecule has 0 saturated heterocycles. The average molecular weight is 301 g/mol. The summed E-state index contributed by atoms with van der Waals surface area (Å²) in [6, 6.07) is 7.64. The number of nitrogens with one attached hydrogen (secondary N) is 1. The van der Waals surface area contributed by atoms with Crippen molar-refractivity contribution in [2.75, 3.05) is 14.1 Å². The van der Waals surface area contributed by atoms with Crippen molar-refractivity contribution in [3.8, 4) is 0 Å². The summed E-state index contributed by atoms with van der Waals surface area (Å²) in [6.45, 7) is 6.18. The van der Waals surface area contributed by atoms with E-state index in [2.05, 4.69) is 10.5 Å². The quantitative estimate of drug-likeness (QED) is 0.922. The number of hydrogen-bond acceptors (Lipinski definition) is 4. The molecule has 0 aliphatic carbocycles. The summed E-state index contributed by atoms with van der Waals surface area (Å²) in [5, 5.41) is 6.90. The second kappa shape index (κ2) is 6.75. The van der Waals surface area contributed by atoms with E-state index >= 15 is 0 Å². The van der Waals surface area contributed by atoms with Crippen LogP contribution >= 0.6 is 0 Å². The highest BCUT2D eigenvalue weighted by molar-refractivity contribution is 5.83. The maximum Gasteiger partial charge on any atom is 0.242 e. The highest BCUT2D eigenvalue weighted by Crippen LogP contribution is 2.22. The number of amides is 1. The molecule has 2 rings (SSSR count). The summed E-state index contributed by atoms with van der Waals surface area (Å²) in [6.07, 6.45) is 0. The van der Waals surface area contributed by atoms with Crippen LogP contribution in [0.15, 0.2) is 28.8 Å². The first-order chi connectivity index (χ1) is 10.4. The Hall–Kier alpha value is -2.14. The van der Waals surface area contributed by atoms with Crippen molar-refractivity contribution in [2.24, 2.45) is 0 Å². The summed E-state index contributed by atoms with van der Waals surface area (Å²) < 4.78 is 5.13. The molecule has 0 unspecified atom stereocenters. The van der Waals surface area contributed by atoms with Crippen molar-refractivity contribution in [1.82, 2.24) is 15.4 Å². The van der Waals surface area contributed by atoms with Crippen LogP contribution in [0.2, 0.25) is 0 Å². The lowest BCUT2D eigenvalue weighted by Crippen LogP contribution is -2.37. The molecule has 1 heterocycles. The molecule has 1 amide bonds. The number of carbonyl (C=O) groups is 1. The van der Waals surface area contributed by atoms with E-state index in [9.17, 15) is 4.79 Å². The van der Waals surface area contributed by atoms with Gasteiger partial charge in [-0.1, -0.05) is 29.4 Å². The van der Waals surface area contributed by atoms with Gasteiger partial charge in [-0.25, -0.2) is 0 Å². The summed E-state index contributed by atoms with van der Waals surface area (Å²) in [5.74, 6) is 0.717. The third-order valence-corrected chi connectivity index (χ3v) is 3.87. The number of benzene rings is 1. The minimum atomic E-state index is -0.318. The van der Waals surface area contributed by atoms with Crippen LogP contribution in [0.4, 0.5) is 0 Å². The van der Waals surface area contributed by atoms with Crippen LogP contribution in [0.5, 0.6) is 0 Å². The van der Waals surface area contributed by atoms with E-state index in [4.69, 9.17) is 4.52 Å². The first-order valence-corrected chi connectivity index (χ1v) is 7.33. The maximum atomic E-state index is 12.7. The Labute approximate surface area is 131 Å². The Kier molecular flexibility index (Phi) is 4.98. The Morgan fingerprint density at radius 2 is 1.95 bits per heavy atom. The third-order valence-electron chi connectivity index (χ3n) is 3.87. The molecule has 118 valence electrons. The highest BCUT2D eigenvalue weighted by atomic mass is 16.5. The Morgan fingerprint density at radius 1 is 1.27 bits per heavy atom. The maximum absolute atomic E-state index is 12.7. The lowest BCUT2D eigenvalue weighted by atomic mass is 9.99. The van der Waals surface area contributed by atoms with E-state index in [1.54, 1.807) is 0 Å². The predicted octanol–water partition coefficient (Wildman–Crippen LogP) is 2.52. The summed E-state index contributed by atoms with van der Waals surface area (Å²) in [5.41, 5.74) is 3.88. The molecule has 0 saturated carbocycles. The Balaban J connectivity index is 2.16.